The quantitative estimate of drug-likeness (QED) is 0.670. The molecule has 0 aliphatic heterocycles. The molecule has 1 aromatic carbocycles. The lowest BCUT2D eigenvalue weighted by atomic mass is 9.87. The van der Waals surface area contributed by atoms with Crippen molar-refractivity contribution in [3.8, 4) is 5.75 Å². The van der Waals surface area contributed by atoms with Crippen molar-refractivity contribution >= 4 is 22.0 Å². The average Bonchev–Trinajstić information content (AvgIpc) is 2.74. The van der Waals surface area contributed by atoms with Crippen LogP contribution in [-0.4, -0.2) is 11.2 Å². The topological polar surface area (TPSA) is 49.7 Å². The highest BCUT2D eigenvalue weighted by molar-refractivity contribution is 9.10. The third kappa shape index (κ3) is 2.03. The summed E-state index contributed by atoms with van der Waals surface area (Å²) in [5.41, 5.74) is 0.949. The second-order valence-corrected chi connectivity index (χ2v) is 5.38. The summed E-state index contributed by atoms with van der Waals surface area (Å²) in [6.07, 6.45) is 5.28. The van der Waals surface area contributed by atoms with Gasteiger partial charge in [-0.3, -0.25) is 0 Å². The van der Waals surface area contributed by atoms with Gasteiger partial charge >= 0.3 is 0 Å². The predicted octanol–water partition coefficient (Wildman–Crippen LogP) is 3.57. The molecular weight excluding hydrogens is 282 g/mol. The molecule has 1 aliphatic carbocycles. The summed E-state index contributed by atoms with van der Waals surface area (Å²) in [6, 6.07) is 3.74. The van der Waals surface area contributed by atoms with Gasteiger partial charge in [-0.15, -0.1) is 0 Å². The third-order valence-electron chi connectivity index (χ3n) is 3.48. The first-order chi connectivity index (χ1) is 8.10. The Morgan fingerprint density at radius 3 is 2.65 bits per heavy atom. The van der Waals surface area contributed by atoms with Gasteiger partial charge in [0, 0.05) is 10.0 Å². The van der Waals surface area contributed by atoms with Gasteiger partial charge in [0.05, 0.1) is 0 Å². The Labute approximate surface area is 109 Å². The summed E-state index contributed by atoms with van der Waals surface area (Å²) in [5, 5.41) is 10.2. The van der Waals surface area contributed by atoms with E-state index in [1.165, 1.54) is 0 Å². The summed E-state index contributed by atoms with van der Waals surface area (Å²) in [7, 11) is 0. The van der Waals surface area contributed by atoms with E-state index in [2.05, 4.69) is 20.9 Å². The van der Waals surface area contributed by atoms with E-state index in [0.717, 1.165) is 41.3 Å². The van der Waals surface area contributed by atoms with Crippen molar-refractivity contribution in [2.45, 2.75) is 38.1 Å². The van der Waals surface area contributed by atoms with Crippen LogP contribution < -0.4 is 0 Å². The molecule has 0 radical (unpaired) electrons. The van der Waals surface area contributed by atoms with Gasteiger partial charge in [-0.05, 0) is 31.4 Å². The summed E-state index contributed by atoms with van der Waals surface area (Å²) in [5.74, 6) is 0.236. The number of carbonyl (C=O) groups excluding carboxylic acids is 1. The van der Waals surface area contributed by atoms with Crippen LogP contribution in [0.5, 0.6) is 5.75 Å². The van der Waals surface area contributed by atoms with Crippen LogP contribution in [0, 0.1) is 6.92 Å². The van der Waals surface area contributed by atoms with E-state index in [1.54, 1.807) is 6.08 Å². The number of hydrogen-bond donors (Lipinski definition) is 1. The Morgan fingerprint density at radius 1 is 1.41 bits per heavy atom. The van der Waals surface area contributed by atoms with E-state index in [1.807, 2.05) is 19.1 Å². The van der Waals surface area contributed by atoms with Gasteiger partial charge in [0.25, 0.3) is 0 Å². The molecule has 1 saturated carbocycles. The molecule has 90 valence electrons. The Morgan fingerprint density at radius 2 is 2.06 bits per heavy atom. The van der Waals surface area contributed by atoms with Gasteiger partial charge in [-0.1, -0.05) is 34.8 Å². The number of hydrogen-bond acceptors (Lipinski definition) is 3. The Kier molecular flexibility index (Phi) is 3.36. The molecule has 0 amide bonds. The summed E-state index contributed by atoms with van der Waals surface area (Å²) < 4.78 is 0.807. The number of phenols is 1. The molecule has 0 unspecified atom stereocenters. The molecule has 0 spiro atoms. The van der Waals surface area contributed by atoms with Gasteiger partial charge in [0.15, 0.2) is 0 Å². The number of aryl methyl sites for hydroxylation is 1. The molecule has 2 rings (SSSR count). The maximum absolute atomic E-state index is 10.7. The summed E-state index contributed by atoms with van der Waals surface area (Å²) in [6.45, 7) is 1.85. The van der Waals surface area contributed by atoms with Crippen LogP contribution in [0.1, 0.15) is 36.8 Å². The molecule has 17 heavy (non-hydrogen) atoms. The number of isocyanates is 1. The lowest BCUT2D eigenvalue weighted by Gasteiger charge is -2.25. The molecule has 0 saturated heterocycles. The van der Waals surface area contributed by atoms with Gasteiger partial charge in [-0.2, -0.15) is 4.99 Å². The van der Waals surface area contributed by atoms with E-state index in [9.17, 15) is 9.90 Å². The van der Waals surface area contributed by atoms with Crippen LogP contribution in [0.25, 0.3) is 0 Å². The largest absolute Gasteiger partial charge is 0.507 e. The number of benzene rings is 1. The van der Waals surface area contributed by atoms with Gasteiger partial charge < -0.3 is 5.11 Å². The minimum absolute atomic E-state index is 0.236. The number of rotatable bonds is 2. The first kappa shape index (κ1) is 12.3. The normalized spacial score (nSPS) is 17.8. The fraction of sp³-hybridized carbons (Fsp3) is 0.462. The maximum Gasteiger partial charge on any atom is 0.235 e. The first-order valence-electron chi connectivity index (χ1n) is 5.68. The van der Waals surface area contributed by atoms with Crippen molar-refractivity contribution in [3.05, 3.63) is 27.7 Å². The predicted molar refractivity (Wildman–Crippen MR) is 68.8 cm³/mol. The Hall–Kier alpha value is -1.12. The number of phenolic OH excluding ortho intramolecular Hbond substituents is 1. The highest BCUT2D eigenvalue weighted by Gasteiger charge is 2.39. The number of nitrogens with zero attached hydrogens (tertiary/aromatic N) is 1. The van der Waals surface area contributed by atoms with Gasteiger partial charge in [-0.25, -0.2) is 4.79 Å². The second kappa shape index (κ2) is 4.63. The highest BCUT2D eigenvalue weighted by Crippen LogP contribution is 2.49. The van der Waals surface area contributed by atoms with Crippen LogP contribution in [0.2, 0.25) is 0 Å². The Bertz CT molecular complexity index is 486. The van der Waals surface area contributed by atoms with E-state index in [0.29, 0.717) is 0 Å². The van der Waals surface area contributed by atoms with Crippen LogP contribution in [-0.2, 0) is 10.3 Å². The molecular formula is C13H14BrNO2. The number of halogens is 1. The zero-order chi connectivity index (χ0) is 12.5. The molecule has 1 aliphatic rings. The molecule has 1 aromatic rings. The molecule has 1 fully saturated rings. The van der Waals surface area contributed by atoms with Crippen molar-refractivity contribution in [1.29, 1.82) is 0 Å². The Balaban J connectivity index is 2.65. The van der Waals surface area contributed by atoms with Crippen LogP contribution in [0.4, 0.5) is 0 Å². The summed E-state index contributed by atoms with van der Waals surface area (Å²) in [4.78, 5) is 14.7. The lowest BCUT2D eigenvalue weighted by Crippen LogP contribution is -2.20. The summed E-state index contributed by atoms with van der Waals surface area (Å²) >= 11 is 3.45. The molecule has 0 aromatic heterocycles. The first-order valence-corrected chi connectivity index (χ1v) is 6.47. The zero-order valence-electron chi connectivity index (χ0n) is 9.66. The second-order valence-electron chi connectivity index (χ2n) is 4.53. The van der Waals surface area contributed by atoms with E-state index >= 15 is 0 Å². The fourth-order valence-corrected chi connectivity index (χ4v) is 3.27. The van der Waals surface area contributed by atoms with Gasteiger partial charge in [0.1, 0.15) is 11.3 Å². The van der Waals surface area contributed by atoms with E-state index < -0.39 is 5.54 Å². The SMILES string of the molecule is Cc1ccc(Br)c(C2(N=C=O)CCCC2)c1O. The molecule has 1 N–H and O–H groups in total. The minimum atomic E-state index is -0.587. The van der Waals surface area contributed by atoms with Crippen LogP contribution >= 0.6 is 15.9 Å². The standard InChI is InChI=1S/C13H14BrNO2/c1-9-4-5-10(14)11(12(9)17)13(15-8-16)6-2-3-7-13/h4-5,17H,2-3,6-7H2,1H3. The molecule has 0 atom stereocenters. The highest BCUT2D eigenvalue weighted by atomic mass is 79.9. The van der Waals surface area contributed by atoms with Crippen LogP contribution in [0.3, 0.4) is 0 Å². The van der Waals surface area contributed by atoms with Gasteiger partial charge in [0.2, 0.25) is 6.08 Å². The third-order valence-corrected chi connectivity index (χ3v) is 4.15. The van der Waals surface area contributed by atoms with Crippen LogP contribution in [0.15, 0.2) is 21.6 Å². The van der Waals surface area contributed by atoms with Crippen molar-refractivity contribution < 1.29 is 9.90 Å². The lowest BCUT2D eigenvalue weighted by molar-refractivity contribution is 0.404. The van der Waals surface area contributed by atoms with Crippen molar-refractivity contribution in [1.82, 2.24) is 0 Å². The number of aromatic hydroxyl groups is 1. The smallest absolute Gasteiger partial charge is 0.235 e. The maximum atomic E-state index is 10.7. The average molecular weight is 296 g/mol. The van der Waals surface area contributed by atoms with Crippen molar-refractivity contribution in [3.63, 3.8) is 0 Å². The minimum Gasteiger partial charge on any atom is -0.507 e. The van der Waals surface area contributed by atoms with E-state index in [-0.39, 0.29) is 5.75 Å². The fourth-order valence-electron chi connectivity index (χ4n) is 2.58. The monoisotopic (exact) mass is 295 g/mol. The number of aliphatic imine (C=N–C) groups is 1. The van der Waals surface area contributed by atoms with E-state index in [4.69, 9.17) is 0 Å². The molecule has 4 heteroatoms. The van der Waals surface area contributed by atoms with Crippen molar-refractivity contribution in [2.75, 3.05) is 0 Å². The van der Waals surface area contributed by atoms with Crippen molar-refractivity contribution in [2.24, 2.45) is 4.99 Å². The molecule has 3 nitrogen and oxygen atoms in total. The zero-order valence-corrected chi connectivity index (χ0v) is 11.2. The molecule has 0 heterocycles. The molecule has 0 bridgehead atoms.